The second-order valence-electron chi connectivity index (χ2n) is 4.82. The average molecular weight is 272 g/mol. The minimum atomic E-state index is -0.558. The summed E-state index contributed by atoms with van der Waals surface area (Å²) in [7, 11) is 0. The Labute approximate surface area is 117 Å². The van der Waals surface area contributed by atoms with Gasteiger partial charge in [-0.2, -0.15) is 0 Å². The van der Waals surface area contributed by atoms with Crippen LogP contribution in [0.1, 0.15) is 30.9 Å². The number of amidine groups is 1. The van der Waals surface area contributed by atoms with Crippen LogP contribution in [-0.2, 0) is 0 Å². The first-order valence-corrected chi connectivity index (χ1v) is 6.40. The monoisotopic (exact) mass is 272 g/mol. The third kappa shape index (κ3) is 2.79. The molecule has 0 saturated heterocycles. The van der Waals surface area contributed by atoms with Gasteiger partial charge in [0.1, 0.15) is 23.2 Å². The van der Waals surface area contributed by atoms with E-state index in [1.807, 2.05) is 24.3 Å². The summed E-state index contributed by atoms with van der Waals surface area (Å²) in [6, 6.07) is 12.0. The van der Waals surface area contributed by atoms with Crippen LogP contribution in [0.3, 0.4) is 0 Å². The summed E-state index contributed by atoms with van der Waals surface area (Å²) < 4.78 is 19.5. The van der Waals surface area contributed by atoms with Gasteiger partial charge in [-0.25, -0.2) is 4.39 Å². The van der Waals surface area contributed by atoms with Crippen molar-refractivity contribution < 1.29 is 9.13 Å². The number of nitrogens with one attached hydrogen (secondary N) is 1. The second-order valence-corrected chi connectivity index (χ2v) is 4.82. The molecule has 4 heteroatoms. The highest BCUT2D eigenvalue weighted by Gasteiger charge is 2.15. The molecule has 3 N–H and O–H groups in total. The standard InChI is InChI=1S/C16H17FN2O/c1-10(2)11-6-3-4-8-13(11)20-14-9-5-7-12(17)15(14)16(18)19/h3-10H,1-2H3,(H3,18,19). The van der Waals surface area contributed by atoms with Crippen molar-refractivity contribution in [3.63, 3.8) is 0 Å². The Kier molecular flexibility index (Phi) is 4.03. The number of hydrogen-bond acceptors (Lipinski definition) is 2. The van der Waals surface area contributed by atoms with E-state index in [9.17, 15) is 4.39 Å². The van der Waals surface area contributed by atoms with E-state index < -0.39 is 5.82 Å². The van der Waals surface area contributed by atoms with E-state index >= 15 is 0 Å². The van der Waals surface area contributed by atoms with Gasteiger partial charge in [0, 0.05) is 0 Å². The lowest BCUT2D eigenvalue weighted by atomic mass is 10.0. The number of nitrogens with two attached hydrogens (primary N) is 1. The third-order valence-corrected chi connectivity index (χ3v) is 3.01. The molecule has 2 rings (SSSR count). The fourth-order valence-electron chi connectivity index (χ4n) is 2.02. The second kappa shape index (κ2) is 5.74. The van der Waals surface area contributed by atoms with E-state index in [1.54, 1.807) is 6.07 Å². The highest BCUT2D eigenvalue weighted by Crippen LogP contribution is 2.32. The highest BCUT2D eigenvalue weighted by molar-refractivity contribution is 5.98. The number of para-hydroxylation sites is 1. The molecule has 0 radical (unpaired) electrons. The topological polar surface area (TPSA) is 59.1 Å². The Morgan fingerprint density at radius 3 is 2.40 bits per heavy atom. The molecular weight excluding hydrogens is 255 g/mol. The molecule has 0 amide bonds. The van der Waals surface area contributed by atoms with Gasteiger partial charge in [-0.15, -0.1) is 0 Å². The smallest absolute Gasteiger partial charge is 0.141 e. The van der Waals surface area contributed by atoms with Crippen LogP contribution in [0.25, 0.3) is 0 Å². The van der Waals surface area contributed by atoms with Gasteiger partial charge in [0.2, 0.25) is 0 Å². The first-order chi connectivity index (χ1) is 9.50. The molecule has 20 heavy (non-hydrogen) atoms. The number of hydrogen-bond donors (Lipinski definition) is 2. The average Bonchev–Trinajstić information content (AvgIpc) is 2.38. The first-order valence-electron chi connectivity index (χ1n) is 6.40. The van der Waals surface area contributed by atoms with Crippen molar-refractivity contribution in [2.45, 2.75) is 19.8 Å². The number of halogens is 1. The Morgan fingerprint density at radius 2 is 1.75 bits per heavy atom. The van der Waals surface area contributed by atoms with Crippen LogP contribution in [0.4, 0.5) is 4.39 Å². The van der Waals surface area contributed by atoms with Gasteiger partial charge in [0.25, 0.3) is 0 Å². The Hall–Kier alpha value is -2.36. The van der Waals surface area contributed by atoms with E-state index in [0.29, 0.717) is 5.75 Å². The predicted octanol–water partition coefficient (Wildman–Crippen LogP) is 4.03. The maximum absolute atomic E-state index is 13.8. The van der Waals surface area contributed by atoms with Crippen LogP contribution in [-0.4, -0.2) is 5.84 Å². The molecule has 0 aliphatic rings. The van der Waals surface area contributed by atoms with Gasteiger partial charge in [-0.3, -0.25) is 5.41 Å². The van der Waals surface area contributed by atoms with Crippen LogP contribution in [0, 0.1) is 11.2 Å². The van der Waals surface area contributed by atoms with Crippen molar-refractivity contribution in [1.29, 1.82) is 5.41 Å². The van der Waals surface area contributed by atoms with Gasteiger partial charge in [-0.1, -0.05) is 38.1 Å². The number of rotatable bonds is 4. The van der Waals surface area contributed by atoms with E-state index in [-0.39, 0.29) is 23.1 Å². The highest BCUT2D eigenvalue weighted by atomic mass is 19.1. The van der Waals surface area contributed by atoms with Crippen LogP contribution < -0.4 is 10.5 Å². The molecule has 0 unspecified atom stereocenters. The van der Waals surface area contributed by atoms with E-state index in [4.69, 9.17) is 15.9 Å². The summed E-state index contributed by atoms with van der Waals surface area (Å²) in [6.45, 7) is 4.11. The Bertz CT molecular complexity index is 638. The maximum Gasteiger partial charge on any atom is 0.141 e. The molecule has 0 aliphatic heterocycles. The molecule has 104 valence electrons. The van der Waals surface area contributed by atoms with Crippen molar-refractivity contribution in [2.24, 2.45) is 5.73 Å². The zero-order valence-corrected chi connectivity index (χ0v) is 11.5. The predicted molar refractivity (Wildman–Crippen MR) is 78.0 cm³/mol. The van der Waals surface area contributed by atoms with Gasteiger partial charge in [0.15, 0.2) is 0 Å². The first kappa shape index (κ1) is 14.1. The molecule has 2 aromatic rings. The summed E-state index contributed by atoms with van der Waals surface area (Å²) in [4.78, 5) is 0. The lowest BCUT2D eigenvalue weighted by molar-refractivity contribution is 0.466. The molecule has 2 aromatic carbocycles. The summed E-state index contributed by atoms with van der Waals surface area (Å²) in [5.41, 5.74) is 6.44. The van der Waals surface area contributed by atoms with Crippen LogP contribution >= 0.6 is 0 Å². The number of ether oxygens (including phenoxy) is 1. The van der Waals surface area contributed by atoms with Crippen molar-refractivity contribution in [3.05, 3.63) is 59.4 Å². The molecular formula is C16H17FN2O. The van der Waals surface area contributed by atoms with Gasteiger partial charge < -0.3 is 10.5 Å². The summed E-state index contributed by atoms with van der Waals surface area (Å²) in [5.74, 6) is 0.277. The summed E-state index contributed by atoms with van der Waals surface area (Å²) in [6.07, 6.45) is 0. The zero-order valence-electron chi connectivity index (χ0n) is 11.5. The van der Waals surface area contributed by atoms with E-state index in [2.05, 4.69) is 13.8 Å². The van der Waals surface area contributed by atoms with Crippen LogP contribution in [0.2, 0.25) is 0 Å². The fourth-order valence-corrected chi connectivity index (χ4v) is 2.02. The van der Waals surface area contributed by atoms with Crippen molar-refractivity contribution in [1.82, 2.24) is 0 Å². The quantitative estimate of drug-likeness (QED) is 0.652. The lowest BCUT2D eigenvalue weighted by Gasteiger charge is -2.15. The molecule has 0 fully saturated rings. The van der Waals surface area contributed by atoms with Gasteiger partial charge >= 0.3 is 0 Å². The largest absolute Gasteiger partial charge is 0.456 e. The normalized spacial score (nSPS) is 10.6. The molecule has 0 saturated carbocycles. The molecule has 0 spiro atoms. The van der Waals surface area contributed by atoms with E-state index in [1.165, 1.54) is 12.1 Å². The third-order valence-electron chi connectivity index (χ3n) is 3.01. The number of benzene rings is 2. The van der Waals surface area contributed by atoms with E-state index in [0.717, 1.165) is 5.56 Å². The zero-order chi connectivity index (χ0) is 14.7. The van der Waals surface area contributed by atoms with Crippen molar-refractivity contribution in [3.8, 4) is 11.5 Å². The van der Waals surface area contributed by atoms with Crippen LogP contribution in [0.15, 0.2) is 42.5 Å². The maximum atomic E-state index is 13.8. The SMILES string of the molecule is CC(C)c1ccccc1Oc1cccc(F)c1C(=N)N. The Balaban J connectivity index is 2.46. The molecule has 0 atom stereocenters. The summed E-state index contributed by atoms with van der Waals surface area (Å²) in [5, 5.41) is 7.48. The molecule has 0 bridgehead atoms. The molecule has 0 aliphatic carbocycles. The molecule has 0 heterocycles. The van der Waals surface area contributed by atoms with Crippen molar-refractivity contribution >= 4 is 5.84 Å². The minimum Gasteiger partial charge on any atom is -0.456 e. The molecule has 3 nitrogen and oxygen atoms in total. The van der Waals surface area contributed by atoms with Gasteiger partial charge in [-0.05, 0) is 29.7 Å². The van der Waals surface area contributed by atoms with Crippen LogP contribution in [0.5, 0.6) is 11.5 Å². The van der Waals surface area contributed by atoms with Gasteiger partial charge in [0.05, 0.1) is 5.56 Å². The van der Waals surface area contributed by atoms with Crippen molar-refractivity contribution in [2.75, 3.05) is 0 Å². The minimum absolute atomic E-state index is 0.00828. The molecule has 0 aromatic heterocycles. The summed E-state index contributed by atoms with van der Waals surface area (Å²) >= 11 is 0. The number of nitrogen functional groups attached to an aromatic ring is 1. The lowest BCUT2D eigenvalue weighted by Crippen LogP contribution is -2.14. The Morgan fingerprint density at radius 1 is 1.10 bits per heavy atom. The fraction of sp³-hybridized carbons (Fsp3) is 0.188.